The Hall–Kier alpha value is -3.80. The van der Waals surface area contributed by atoms with Crippen LogP contribution in [0.25, 0.3) is 0 Å². The van der Waals surface area contributed by atoms with Crippen LogP contribution >= 0.6 is 0 Å². The maximum absolute atomic E-state index is 12.5. The lowest BCUT2D eigenvalue weighted by molar-refractivity contribution is 0.100. The van der Waals surface area contributed by atoms with Crippen molar-refractivity contribution in [1.29, 1.82) is 0 Å². The third-order valence-electron chi connectivity index (χ3n) is 4.55. The van der Waals surface area contributed by atoms with Gasteiger partial charge in [-0.1, -0.05) is 18.2 Å². The van der Waals surface area contributed by atoms with Crippen LogP contribution in [0.15, 0.2) is 60.9 Å². The molecule has 1 heterocycles. The van der Waals surface area contributed by atoms with Crippen LogP contribution in [0.2, 0.25) is 0 Å². The topological polar surface area (TPSA) is 88.2 Å². The van der Waals surface area contributed by atoms with Gasteiger partial charge in [-0.3, -0.25) is 19.4 Å². The minimum absolute atomic E-state index is 0.0900. The standard InChI is InChI=1S/C23H21N3O3/c1-14-7-8-21(9-15(14)2)26-23(29)19-10-18(12-24-13-19)22(28)25-20-6-4-5-17(11-20)16(3)27/h4-13H,1-3H3,(H,25,28)(H,26,29). The Morgan fingerprint density at radius 2 is 1.34 bits per heavy atom. The second-order valence-electron chi connectivity index (χ2n) is 6.81. The molecule has 6 heteroatoms. The molecule has 3 aromatic rings. The lowest BCUT2D eigenvalue weighted by Gasteiger charge is -2.09. The number of nitrogens with one attached hydrogen (secondary N) is 2. The number of hydrogen-bond acceptors (Lipinski definition) is 4. The van der Waals surface area contributed by atoms with Gasteiger partial charge in [0.05, 0.1) is 11.1 Å². The van der Waals surface area contributed by atoms with E-state index in [2.05, 4.69) is 15.6 Å². The number of pyridine rings is 1. The summed E-state index contributed by atoms with van der Waals surface area (Å²) in [5.74, 6) is -0.860. The maximum atomic E-state index is 12.5. The molecule has 1 aromatic heterocycles. The largest absolute Gasteiger partial charge is 0.322 e. The first-order chi connectivity index (χ1) is 13.8. The van der Waals surface area contributed by atoms with Crippen LogP contribution in [-0.4, -0.2) is 22.6 Å². The van der Waals surface area contributed by atoms with Crippen molar-refractivity contribution in [3.63, 3.8) is 0 Å². The summed E-state index contributed by atoms with van der Waals surface area (Å²) in [6.07, 6.45) is 2.79. The lowest BCUT2D eigenvalue weighted by atomic mass is 10.1. The number of amides is 2. The first-order valence-corrected chi connectivity index (χ1v) is 9.09. The fourth-order valence-corrected chi connectivity index (χ4v) is 2.73. The number of aryl methyl sites for hydroxylation is 2. The minimum Gasteiger partial charge on any atom is -0.322 e. The highest BCUT2D eigenvalue weighted by molar-refractivity contribution is 6.08. The lowest BCUT2D eigenvalue weighted by Crippen LogP contribution is -2.16. The third-order valence-corrected chi connectivity index (χ3v) is 4.55. The van der Waals surface area contributed by atoms with Crippen LogP contribution < -0.4 is 10.6 Å². The van der Waals surface area contributed by atoms with Crippen molar-refractivity contribution in [1.82, 2.24) is 4.98 Å². The number of Topliss-reactive ketones (excluding diaryl/α,β-unsaturated/α-hetero) is 1. The van der Waals surface area contributed by atoms with Crippen LogP contribution in [-0.2, 0) is 0 Å². The zero-order chi connectivity index (χ0) is 21.0. The molecule has 6 nitrogen and oxygen atoms in total. The average Bonchev–Trinajstić information content (AvgIpc) is 2.71. The van der Waals surface area contributed by atoms with Gasteiger partial charge in [0.15, 0.2) is 5.78 Å². The minimum atomic E-state index is -0.418. The molecule has 29 heavy (non-hydrogen) atoms. The van der Waals surface area contributed by atoms with Crippen LogP contribution in [0, 0.1) is 13.8 Å². The van der Waals surface area contributed by atoms with Gasteiger partial charge in [-0.05, 0) is 62.2 Å². The highest BCUT2D eigenvalue weighted by Gasteiger charge is 2.13. The number of anilines is 2. The van der Waals surface area contributed by atoms with Gasteiger partial charge in [-0.2, -0.15) is 0 Å². The summed E-state index contributed by atoms with van der Waals surface area (Å²) in [6.45, 7) is 5.43. The Bertz CT molecular complexity index is 1110. The first kappa shape index (κ1) is 19.9. The van der Waals surface area contributed by atoms with Crippen LogP contribution in [0.1, 0.15) is 49.1 Å². The summed E-state index contributed by atoms with van der Waals surface area (Å²) < 4.78 is 0. The van der Waals surface area contributed by atoms with Crippen molar-refractivity contribution in [3.05, 3.63) is 88.7 Å². The van der Waals surface area contributed by atoms with E-state index in [0.717, 1.165) is 11.1 Å². The predicted molar refractivity (Wildman–Crippen MR) is 113 cm³/mol. The van der Waals surface area contributed by atoms with Gasteiger partial charge < -0.3 is 10.6 Å². The van der Waals surface area contributed by atoms with Crippen molar-refractivity contribution in [2.24, 2.45) is 0 Å². The number of rotatable bonds is 5. The molecule has 3 rings (SSSR count). The maximum Gasteiger partial charge on any atom is 0.257 e. The smallest absolute Gasteiger partial charge is 0.257 e. The van der Waals surface area contributed by atoms with Gasteiger partial charge in [0, 0.05) is 29.3 Å². The van der Waals surface area contributed by atoms with Crippen molar-refractivity contribution in [2.75, 3.05) is 10.6 Å². The quantitative estimate of drug-likeness (QED) is 0.635. The fraction of sp³-hybridized carbons (Fsp3) is 0.130. The Labute approximate surface area is 169 Å². The number of hydrogen-bond donors (Lipinski definition) is 2. The summed E-state index contributed by atoms with van der Waals surface area (Å²) in [6, 6.07) is 13.8. The molecule has 2 amide bonds. The number of nitrogens with zero attached hydrogens (tertiary/aromatic N) is 1. The molecule has 0 radical (unpaired) electrons. The van der Waals surface area contributed by atoms with Gasteiger partial charge in [0.25, 0.3) is 11.8 Å². The zero-order valence-corrected chi connectivity index (χ0v) is 16.4. The van der Waals surface area contributed by atoms with E-state index in [4.69, 9.17) is 0 Å². The van der Waals surface area contributed by atoms with E-state index in [1.54, 1.807) is 24.3 Å². The highest BCUT2D eigenvalue weighted by Crippen LogP contribution is 2.16. The summed E-state index contributed by atoms with van der Waals surface area (Å²) in [5.41, 5.74) is 4.39. The Kier molecular flexibility index (Phi) is 5.83. The van der Waals surface area contributed by atoms with Gasteiger partial charge in [-0.25, -0.2) is 0 Å². The predicted octanol–water partition coefficient (Wildman–Crippen LogP) is 4.41. The molecular formula is C23H21N3O3. The molecule has 0 saturated heterocycles. The van der Waals surface area contributed by atoms with E-state index in [1.165, 1.54) is 25.4 Å². The Morgan fingerprint density at radius 1 is 0.724 bits per heavy atom. The summed E-state index contributed by atoms with van der Waals surface area (Å²) >= 11 is 0. The Morgan fingerprint density at radius 3 is 1.93 bits per heavy atom. The highest BCUT2D eigenvalue weighted by atomic mass is 16.2. The van der Waals surface area contributed by atoms with E-state index in [0.29, 0.717) is 16.9 Å². The molecule has 0 unspecified atom stereocenters. The number of benzene rings is 2. The molecule has 0 aliphatic heterocycles. The van der Waals surface area contributed by atoms with E-state index >= 15 is 0 Å². The van der Waals surface area contributed by atoms with Crippen molar-refractivity contribution in [3.8, 4) is 0 Å². The van der Waals surface area contributed by atoms with E-state index in [-0.39, 0.29) is 22.8 Å². The van der Waals surface area contributed by atoms with E-state index < -0.39 is 5.91 Å². The molecule has 2 aromatic carbocycles. The van der Waals surface area contributed by atoms with Gasteiger partial charge in [0.2, 0.25) is 0 Å². The van der Waals surface area contributed by atoms with E-state index in [1.807, 2.05) is 32.0 Å². The second kappa shape index (κ2) is 8.48. The molecule has 2 N–H and O–H groups in total. The normalized spacial score (nSPS) is 10.3. The third kappa shape index (κ3) is 4.93. The summed E-state index contributed by atoms with van der Waals surface area (Å²) in [5, 5.41) is 5.53. The molecule has 0 aliphatic carbocycles. The number of carbonyl (C=O) groups is 3. The van der Waals surface area contributed by atoms with Crippen LogP contribution in [0.5, 0.6) is 0 Å². The fourth-order valence-electron chi connectivity index (χ4n) is 2.73. The van der Waals surface area contributed by atoms with Crippen molar-refractivity contribution >= 4 is 29.0 Å². The average molecular weight is 387 g/mol. The van der Waals surface area contributed by atoms with Crippen LogP contribution in [0.3, 0.4) is 0 Å². The molecule has 0 bridgehead atoms. The summed E-state index contributed by atoms with van der Waals surface area (Å²) in [4.78, 5) is 40.6. The van der Waals surface area contributed by atoms with E-state index in [9.17, 15) is 14.4 Å². The second-order valence-corrected chi connectivity index (χ2v) is 6.81. The molecule has 0 saturated carbocycles. The van der Waals surface area contributed by atoms with Gasteiger partial charge in [0.1, 0.15) is 0 Å². The van der Waals surface area contributed by atoms with Crippen molar-refractivity contribution in [2.45, 2.75) is 20.8 Å². The SMILES string of the molecule is CC(=O)c1cccc(NC(=O)c2cncc(C(=O)Nc3ccc(C)c(C)c3)c2)c1. The number of aromatic nitrogens is 1. The molecule has 0 spiro atoms. The monoisotopic (exact) mass is 387 g/mol. The molecule has 0 fully saturated rings. The van der Waals surface area contributed by atoms with Gasteiger partial charge in [-0.15, -0.1) is 0 Å². The summed E-state index contributed by atoms with van der Waals surface area (Å²) in [7, 11) is 0. The first-order valence-electron chi connectivity index (χ1n) is 9.09. The van der Waals surface area contributed by atoms with Crippen LogP contribution in [0.4, 0.5) is 11.4 Å². The molecule has 0 atom stereocenters. The molecule has 146 valence electrons. The van der Waals surface area contributed by atoms with Crippen molar-refractivity contribution < 1.29 is 14.4 Å². The number of carbonyl (C=O) groups excluding carboxylic acids is 3. The zero-order valence-electron chi connectivity index (χ0n) is 16.4. The molecular weight excluding hydrogens is 366 g/mol. The Balaban J connectivity index is 1.75. The van der Waals surface area contributed by atoms with Gasteiger partial charge >= 0.3 is 0 Å². The number of ketones is 1. The molecule has 0 aliphatic rings.